The molecule has 1 atom stereocenters. The van der Waals surface area contributed by atoms with E-state index >= 15 is 0 Å². The molecule has 138 valence electrons. The Morgan fingerprint density at radius 3 is 2.93 bits per heavy atom. The van der Waals surface area contributed by atoms with Gasteiger partial charge in [-0.2, -0.15) is 0 Å². The fourth-order valence-corrected chi connectivity index (χ4v) is 3.50. The number of carbonyl (C=O) groups excluding carboxylic acids is 1. The van der Waals surface area contributed by atoms with Crippen molar-refractivity contribution < 1.29 is 4.79 Å². The fraction of sp³-hybridized carbons (Fsp3) is 0.300. The zero-order valence-electron chi connectivity index (χ0n) is 14.9. The lowest BCUT2D eigenvalue weighted by Gasteiger charge is -2.33. The highest BCUT2D eigenvalue weighted by atomic mass is 16.2. The van der Waals surface area contributed by atoms with Gasteiger partial charge >= 0.3 is 0 Å². The van der Waals surface area contributed by atoms with Gasteiger partial charge in [0.2, 0.25) is 0 Å². The number of aromatic nitrogens is 3. The van der Waals surface area contributed by atoms with E-state index in [0.717, 1.165) is 31.7 Å². The van der Waals surface area contributed by atoms with Gasteiger partial charge in [0.15, 0.2) is 5.82 Å². The summed E-state index contributed by atoms with van der Waals surface area (Å²) in [5, 5.41) is 3.39. The second kappa shape index (κ2) is 7.57. The zero-order valence-corrected chi connectivity index (χ0v) is 14.9. The van der Waals surface area contributed by atoms with Crippen molar-refractivity contribution >= 4 is 22.6 Å². The number of hydrogen-bond donors (Lipinski definition) is 2. The maximum atomic E-state index is 12.5. The van der Waals surface area contributed by atoms with Crippen molar-refractivity contribution in [2.24, 2.45) is 5.92 Å². The normalized spacial score (nSPS) is 17.0. The molecule has 1 fully saturated rings. The first-order valence-electron chi connectivity index (χ1n) is 9.14. The molecule has 1 aliphatic heterocycles. The van der Waals surface area contributed by atoms with Crippen molar-refractivity contribution in [3.63, 3.8) is 0 Å². The van der Waals surface area contributed by atoms with Crippen molar-refractivity contribution in [1.29, 1.82) is 0 Å². The number of para-hydroxylation sites is 1. The number of piperidine rings is 1. The van der Waals surface area contributed by atoms with E-state index < -0.39 is 0 Å². The Bertz CT molecular complexity index is 1000. The highest BCUT2D eigenvalue weighted by molar-refractivity contribution is 5.92. The standard InChI is InChI=1S/C20H21N5O2/c26-19-15-7-1-2-8-16(15)23-18(24-19)20(27)22-12-14-6-5-11-25(13-14)17-9-3-4-10-21-17/h1-4,7-10,14H,5-6,11-13H2,(H,22,27)(H,23,24,26)/t14-/m0/s1. The van der Waals surface area contributed by atoms with Crippen LogP contribution in [0, 0.1) is 5.92 Å². The van der Waals surface area contributed by atoms with E-state index in [4.69, 9.17) is 0 Å². The molecule has 1 aliphatic rings. The Balaban J connectivity index is 1.41. The molecule has 0 unspecified atom stereocenters. The van der Waals surface area contributed by atoms with Crippen molar-refractivity contribution in [2.75, 3.05) is 24.5 Å². The molecule has 0 radical (unpaired) electrons. The monoisotopic (exact) mass is 363 g/mol. The largest absolute Gasteiger partial charge is 0.356 e. The Morgan fingerprint density at radius 2 is 2.07 bits per heavy atom. The van der Waals surface area contributed by atoms with Gasteiger partial charge in [-0.15, -0.1) is 0 Å². The minimum atomic E-state index is -0.354. The van der Waals surface area contributed by atoms with Gasteiger partial charge in [0.25, 0.3) is 11.5 Å². The number of hydrogen-bond acceptors (Lipinski definition) is 5. The molecule has 1 aromatic carbocycles. The molecule has 0 bridgehead atoms. The topological polar surface area (TPSA) is 91.0 Å². The first-order chi connectivity index (χ1) is 13.2. The molecule has 7 heteroatoms. The quantitative estimate of drug-likeness (QED) is 0.739. The van der Waals surface area contributed by atoms with Crippen LogP contribution in [-0.2, 0) is 0 Å². The lowest BCUT2D eigenvalue weighted by atomic mass is 9.98. The third kappa shape index (κ3) is 3.81. The molecule has 4 rings (SSSR count). The van der Waals surface area contributed by atoms with Gasteiger partial charge in [0.1, 0.15) is 5.82 Å². The number of nitrogens with zero attached hydrogens (tertiary/aromatic N) is 3. The highest BCUT2D eigenvalue weighted by Gasteiger charge is 2.22. The summed E-state index contributed by atoms with van der Waals surface area (Å²) in [6, 6.07) is 12.9. The number of rotatable bonds is 4. The van der Waals surface area contributed by atoms with Crippen LogP contribution in [0.5, 0.6) is 0 Å². The third-order valence-electron chi connectivity index (χ3n) is 4.87. The number of amides is 1. The van der Waals surface area contributed by atoms with E-state index in [1.54, 1.807) is 30.5 Å². The SMILES string of the molecule is O=C(NC[C@@H]1CCCN(c2ccccn2)C1)c1nc2ccccc2c(=O)[nH]1. The molecular formula is C20H21N5O2. The number of benzene rings is 1. The van der Waals surface area contributed by atoms with Crippen LogP contribution >= 0.6 is 0 Å². The highest BCUT2D eigenvalue weighted by Crippen LogP contribution is 2.20. The van der Waals surface area contributed by atoms with Crippen LogP contribution < -0.4 is 15.8 Å². The number of nitrogens with one attached hydrogen (secondary N) is 2. The maximum absolute atomic E-state index is 12.5. The molecule has 0 spiro atoms. The van der Waals surface area contributed by atoms with E-state index in [0.29, 0.717) is 23.4 Å². The molecular weight excluding hydrogens is 342 g/mol. The number of H-pyrrole nitrogens is 1. The van der Waals surface area contributed by atoms with E-state index in [1.165, 1.54) is 0 Å². The zero-order chi connectivity index (χ0) is 18.6. The summed E-state index contributed by atoms with van der Waals surface area (Å²) in [6.07, 6.45) is 3.90. The minimum absolute atomic E-state index is 0.0519. The number of aromatic amines is 1. The Morgan fingerprint density at radius 1 is 1.22 bits per heavy atom. The summed E-state index contributed by atoms with van der Waals surface area (Å²) in [7, 11) is 0. The van der Waals surface area contributed by atoms with Crippen LogP contribution in [0.3, 0.4) is 0 Å². The van der Waals surface area contributed by atoms with Crippen LogP contribution in [0.4, 0.5) is 5.82 Å². The molecule has 0 aliphatic carbocycles. The van der Waals surface area contributed by atoms with Crippen LogP contribution in [0.25, 0.3) is 10.9 Å². The molecule has 2 N–H and O–H groups in total. The van der Waals surface area contributed by atoms with Gasteiger partial charge in [-0.3, -0.25) is 9.59 Å². The first kappa shape index (κ1) is 17.2. The van der Waals surface area contributed by atoms with Crippen molar-refractivity contribution in [1.82, 2.24) is 20.3 Å². The number of pyridine rings is 1. The van der Waals surface area contributed by atoms with Gasteiger partial charge in [-0.05, 0) is 43.0 Å². The summed E-state index contributed by atoms with van der Waals surface area (Å²) in [4.78, 5) is 38.1. The second-order valence-electron chi connectivity index (χ2n) is 6.78. The van der Waals surface area contributed by atoms with E-state index in [9.17, 15) is 9.59 Å². The van der Waals surface area contributed by atoms with E-state index in [1.807, 2.05) is 18.2 Å². The van der Waals surface area contributed by atoms with Crippen LogP contribution in [0.15, 0.2) is 53.5 Å². The molecule has 27 heavy (non-hydrogen) atoms. The van der Waals surface area contributed by atoms with E-state index in [-0.39, 0.29) is 17.3 Å². The lowest BCUT2D eigenvalue weighted by molar-refractivity contribution is 0.0935. The molecule has 0 saturated carbocycles. The Labute approximate surface area is 156 Å². The third-order valence-corrected chi connectivity index (χ3v) is 4.87. The molecule has 3 heterocycles. The predicted molar refractivity (Wildman–Crippen MR) is 104 cm³/mol. The minimum Gasteiger partial charge on any atom is -0.356 e. The summed E-state index contributed by atoms with van der Waals surface area (Å²) in [5.74, 6) is 0.995. The Hall–Kier alpha value is -3.22. The smallest absolute Gasteiger partial charge is 0.287 e. The number of fused-ring (bicyclic) bond motifs is 1. The summed E-state index contributed by atoms with van der Waals surface area (Å²) >= 11 is 0. The number of anilines is 1. The Kier molecular flexibility index (Phi) is 4.82. The molecule has 3 aromatic rings. The first-order valence-corrected chi connectivity index (χ1v) is 9.14. The van der Waals surface area contributed by atoms with Crippen molar-refractivity contribution in [2.45, 2.75) is 12.8 Å². The second-order valence-corrected chi connectivity index (χ2v) is 6.78. The average molecular weight is 363 g/mol. The summed E-state index contributed by atoms with van der Waals surface area (Å²) in [6.45, 7) is 2.36. The molecule has 1 saturated heterocycles. The van der Waals surface area contributed by atoms with Gasteiger partial charge in [-0.25, -0.2) is 9.97 Å². The lowest BCUT2D eigenvalue weighted by Crippen LogP contribution is -2.41. The van der Waals surface area contributed by atoms with Gasteiger partial charge in [-0.1, -0.05) is 18.2 Å². The summed E-state index contributed by atoms with van der Waals surface area (Å²) < 4.78 is 0. The fourth-order valence-electron chi connectivity index (χ4n) is 3.50. The van der Waals surface area contributed by atoms with Crippen LogP contribution in [0.2, 0.25) is 0 Å². The average Bonchev–Trinajstić information content (AvgIpc) is 2.73. The van der Waals surface area contributed by atoms with Crippen LogP contribution in [0.1, 0.15) is 23.5 Å². The number of carbonyl (C=O) groups is 1. The van der Waals surface area contributed by atoms with Crippen LogP contribution in [-0.4, -0.2) is 40.5 Å². The molecule has 1 amide bonds. The van der Waals surface area contributed by atoms with E-state index in [2.05, 4.69) is 25.2 Å². The molecule has 2 aromatic heterocycles. The van der Waals surface area contributed by atoms with Gasteiger partial charge in [0.05, 0.1) is 10.9 Å². The predicted octanol–water partition coefficient (Wildman–Crippen LogP) is 1.96. The van der Waals surface area contributed by atoms with Gasteiger partial charge < -0.3 is 15.2 Å². The summed E-state index contributed by atoms with van der Waals surface area (Å²) in [5.41, 5.74) is 0.218. The van der Waals surface area contributed by atoms with Crippen molar-refractivity contribution in [3.05, 3.63) is 64.8 Å². The van der Waals surface area contributed by atoms with Gasteiger partial charge in [0, 0.05) is 25.8 Å². The maximum Gasteiger partial charge on any atom is 0.287 e. The van der Waals surface area contributed by atoms with Crippen molar-refractivity contribution in [3.8, 4) is 0 Å². The molecule has 7 nitrogen and oxygen atoms in total.